The number of phosphoric acid groups is 2. The first kappa shape index (κ1) is 94.4. The summed E-state index contributed by atoms with van der Waals surface area (Å²) in [5.41, 5.74) is 0. The second kappa shape index (κ2) is 71.8. The Balaban J connectivity index is 5.45. The molecule has 100 heavy (non-hydrogen) atoms. The highest BCUT2D eigenvalue weighted by molar-refractivity contribution is 7.47. The Morgan fingerprint density at radius 2 is 0.560 bits per heavy atom. The summed E-state index contributed by atoms with van der Waals surface area (Å²) in [6, 6.07) is 0. The van der Waals surface area contributed by atoms with E-state index in [-0.39, 0.29) is 25.7 Å². The molecule has 0 aromatic heterocycles. The molecule has 0 radical (unpaired) electrons. The molecule has 0 aliphatic carbocycles. The Morgan fingerprint density at radius 1 is 0.300 bits per heavy atom. The fourth-order valence-corrected chi connectivity index (χ4v) is 10.7. The molecule has 0 aliphatic heterocycles. The minimum absolute atomic E-state index is 0.0308. The van der Waals surface area contributed by atoms with E-state index in [4.69, 9.17) is 37.0 Å². The molecule has 0 aromatic rings. The van der Waals surface area contributed by atoms with Gasteiger partial charge in [0, 0.05) is 19.3 Å². The summed E-state index contributed by atoms with van der Waals surface area (Å²) in [5, 5.41) is 10.6. The van der Waals surface area contributed by atoms with Crippen LogP contribution in [-0.4, -0.2) is 96.7 Å². The number of allylic oxidation sites excluding steroid dienone is 27. The van der Waals surface area contributed by atoms with Crippen LogP contribution in [-0.2, 0) is 65.4 Å². The summed E-state index contributed by atoms with van der Waals surface area (Å²) in [4.78, 5) is 72.7. The fourth-order valence-electron chi connectivity index (χ4n) is 9.08. The Bertz CT molecular complexity index is 2570. The van der Waals surface area contributed by atoms with Crippen molar-refractivity contribution in [1.82, 2.24) is 0 Å². The monoisotopic (exact) mass is 1440 g/mol. The van der Waals surface area contributed by atoms with Crippen LogP contribution in [0.1, 0.15) is 259 Å². The first-order valence-electron chi connectivity index (χ1n) is 37.4. The average Bonchev–Trinajstić information content (AvgIpc) is 0.945. The largest absolute Gasteiger partial charge is 0.472 e. The highest BCUT2D eigenvalue weighted by Gasteiger charge is 2.30. The molecule has 0 amide bonds. The maximum atomic E-state index is 13.1. The molecule has 0 saturated carbocycles. The number of aliphatic hydroxyl groups is 1. The molecule has 566 valence electrons. The van der Waals surface area contributed by atoms with Gasteiger partial charge in [-0.3, -0.25) is 37.3 Å². The van der Waals surface area contributed by atoms with E-state index in [1.54, 1.807) is 6.08 Å². The van der Waals surface area contributed by atoms with Crippen LogP contribution in [0.3, 0.4) is 0 Å². The molecule has 0 bridgehead atoms. The van der Waals surface area contributed by atoms with Gasteiger partial charge in [-0.2, -0.15) is 0 Å². The topological polar surface area (TPSA) is 237 Å². The number of hydrogen-bond donors (Lipinski definition) is 3. The van der Waals surface area contributed by atoms with Crippen LogP contribution in [0.4, 0.5) is 0 Å². The maximum absolute atomic E-state index is 13.1. The van der Waals surface area contributed by atoms with Crippen molar-refractivity contribution in [3.63, 3.8) is 0 Å². The zero-order valence-electron chi connectivity index (χ0n) is 61.5. The molecule has 0 fully saturated rings. The van der Waals surface area contributed by atoms with Crippen LogP contribution in [0.25, 0.3) is 0 Å². The predicted octanol–water partition coefficient (Wildman–Crippen LogP) is 21.4. The lowest BCUT2D eigenvalue weighted by Crippen LogP contribution is -2.30. The molecule has 3 N–H and O–H groups in total. The number of hydrogen-bond acceptors (Lipinski definition) is 15. The molecular formula is C81H130O17P2. The Labute approximate surface area is 603 Å². The Hall–Kier alpha value is -5.58. The van der Waals surface area contributed by atoms with Crippen LogP contribution in [0, 0.1) is 0 Å². The molecular weight excluding hydrogens is 1310 g/mol. The molecule has 0 heterocycles. The van der Waals surface area contributed by atoms with Gasteiger partial charge >= 0.3 is 39.5 Å². The summed E-state index contributed by atoms with van der Waals surface area (Å²) in [7, 11) is -10.0. The van der Waals surface area contributed by atoms with Crippen LogP contribution < -0.4 is 0 Å². The van der Waals surface area contributed by atoms with Gasteiger partial charge in [-0.1, -0.05) is 256 Å². The van der Waals surface area contributed by atoms with E-state index in [9.17, 15) is 43.2 Å². The van der Waals surface area contributed by atoms with Crippen molar-refractivity contribution in [1.29, 1.82) is 0 Å². The van der Waals surface area contributed by atoms with E-state index in [1.165, 1.54) is 6.42 Å². The predicted molar refractivity (Wildman–Crippen MR) is 408 cm³/mol. The van der Waals surface area contributed by atoms with E-state index >= 15 is 0 Å². The standard InChI is InChI=1S/C81H130O17P2/c1-5-9-13-17-21-25-29-32-35-36-37-38-41-43-47-50-54-58-62-66-79(84)92-72-77(98-81(86)68-64-60-56-52-48-44-40-34-31-27-23-19-15-11-7-3)74-96-100(89,90)94-70-75(82)69-93-99(87,88)95-73-76(97-80(85)67-63-59-55-51-45-28-24-20-16-12-8-4)71-91-78(83)65-61-57-53-49-46-42-39-33-30-26-22-18-14-10-6-2/h9-11,13-15,20-27,32-35,37-40,46,48-49,52,57,61,75-77,82H,5-8,12,16-19,28-31,36,41-45,47,50-51,53-56,58-60,62-74H2,1-4H3,(H,87,88)(H,89,90)/b13-9-,14-10-,15-11-,24-20-,25-21-,26-22-,27-23-,35-32-,38-37-,39-33-,40-34-,49-46-,52-48-,61-57-. The van der Waals surface area contributed by atoms with Crippen molar-refractivity contribution < 1.29 is 80.2 Å². The number of esters is 4. The van der Waals surface area contributed by atoms with Crippen molar-refractivity contribution >= 4 is 39.5 Å². The second-order valence-electron chi connectivity index (χ2n) is 24.1. The van der Waals surface area contributed by atoms with Gasteiger partial charge in [0.25, 0.3) is 0 Å². The van der Waals surface area contributed by atoms with Gasteiger partial charge in [0.15, 0.2) is 12.2 Å². The highest BCUT2D eigenvalue weighted by atomic mass is 31.2. The van der Waals surface area contributed by atoms with E-state index in [2.05, 4.69) is 174 Å². The summed E-state index contributed by atoms with van der Waals surface area (Å²) in [5.74, 6) is -2.42. The second-order valence-corrected chi connectivity index (χ2v) is 27.0. The number of aliphatic hydroxyl groups excluding tert-OH is 1. The van der Waals surface area contributed by atoms with Crippen LogP contribution in [0.2, 0.25) is 0 Å². The summed E-state index contributed by atoms with van der Waals surface area (Å²) in [6.45, 7) is 4.26. The molecule has 0 aliphatic rings. The van der Waals surface area contributed by atoms with Gasteiger partial charge in [-0.15, -0.1) is 0 Å². The zero-order chi connectivity index (χ0) is 73.2. The third-order valence-corrected chi connectivity index (χ3v) is 16.6. The van der Waals surface area contributed by atoms with Gasteiger partial charge in [0.2, 0.25) is 0 Å². The summed E-state index contributed by atoms with van der Waals surface area (Å²) < 4.78 is 68.2. The number of unbranched alkanes of at least 4 members (excludes halogenated alkanes) is 15. The smallest absolute Gasteiger partial charge is 0.462 e. The number of carbonyl (C=O) groups is 4. The molecule has 5 unspecified atom stereocenters. The van der Waals surface area contributed by atoms with Crippen molar-refractivity contribution in [2.75, 3.05) is 39.6 Å². The number of carbonyl (C=O) groups excluding carboxylic acids is 4. The average molecular weight is 1440 g/mol. The van der Waals surface area contributed by atoms with Crippen molar-refractivity contribution in [2.45, 2.75) is 277 Å². The fraction of sp³-hybridized carbons (Fsp3) is 0.605. The molecule has 0 saturated heterocycles. The van der Waals surface area contributed by atoms with Gasteiger partial charge in [-0.25, -0.2) is 9.13 Å². The highest BCUT2D eigenvalue weighted by Crippen LogP contribution is 2.45. The van der Waals surface area contributed by atoms with Crippen LogP contribution >= 0.6 is 15.6 Å². The van der Waals surface area contributed by atoms with Crippen LogP contribution in [0.5, 0.6) is 0 Å². The minimum Gasteiger partial charge on any atom is -0.462 e. The summed E-state index contributed by atoms with van der Waals surface area (Å²) >= 11 is 0. The summed E-state index contributed by atoms with van der Waals surface area (Å²) in [6.07, 6.45) is 83.9. The lowest BCUT2D eigenvalue weighted by atomic mass is 10.1. The molecule has 0 spiro atoms. The minimum atomic E-state index is -5.00. The Kier molecular flexibility index (Phi) is 67.8. The van der Waals surface area contributed by atoms with E-state index in [1.807, 2.05) is 18.2 Å². The zero-order valence-corrected chi connectivity index (χ0v) is 63.3. The maximum Gasteiger partial charge on any atom is 0.472 e. The molecule has 0 rings (SSSR count). The first-order chi connectivity index (χ1) is 48.7. The van der Waals surface area contributed by atoms with Crippen molar-refractivity contribution in [3.05, 3.63) is 170 Å². The van der Waals surface area contributed by atoms with Gasteiger partial charge in [0.05, 0.1) is 32.8 Å². The third-order valence-electron chi connectivity index (χ3n) is 14.7. The molecule has 19 heteroatoms. The van der Waals surface area contributed by atoms with E-state index in [0.717, 1.165) is 167 Å². The van der Waals surface area contributed by atoms with Crippen molar-refractivity contribution in [3.8, 4) is 0 Å². The molecule has 0 aromatic carbocycles. The van der Waals surface area contributed by atoms with Crippen molar-refractivity contribution in [2.24, 2.45) is 0 Å². The molecule has 5 atom stereocenters. The van der Waals surface area contributed by atoms with E-state index < -0.39 is 97.5 Å². The first-order valence-corrected chi connectivity index (χ1v) is 40.4. The SMILES string of the molecule is CC/C=C\C/C=C\C/C=C\C/C=C\C/C=C\CC(=O)OCC(COP(=O)(O)OCC(O)COP(=O)(O)OCC(COC(=O)CCCCCCCC/C=C\C/C=C\C/C=C\C/C=C\CC)OC(=O)CCCC/C=C\C/C=C\C/C=C\C/C=C\CC)OC(=O)CCCCCCC/C=C\CCCC. The van der Waals surface area contributed by atoms with Crippen LogP contribution in [0.15, 0.2) is 170 Å². The number of phosphoric ester groups is 2. The van der Waals surface area contributed by atoms with Gasteiger partial charge < -0.3 is 33.8 Å². The number of ether oxygens (including phenoxy) is 4. The van der Waals surface area contributed by atoms with Gasteiger partial charge in [0.1, 0.15) is 19.3 Å². The number of rotatable bonds is 68. The lowest BCUT2D eigenvalue weighted by Gasteiger charge is -2.21. The normalized spacial score (nSPS) is 14.9. The quantitative estimate of drug-likeness (QED) is 0.0169. The third kappa shape index (κ3) is 70.8. The Morgan fingerprint density at radius 3 is 0.920 bits per heavy atom. The van der Waals surface area contributed by atoms with E-state index in [0.29, 0.717) is 32.1 Å². The molecule has 17 nitrogen and oxygen atoms in total. The lowest BCUT2D eigenvalue weighted by molar-refractivity contribution is -0.161. The van der Waals surface area contributed by atoms with Gasteiger partial charge in [-0.05, 0) is 148 Å².